The van der Waals surface area contributed by atoms with Crippen LogP contribution >= 0.6 is 0 Å². The summed E-state index contributed by atoms with van der Waals surface area (Å²) in [5.41, 5.74) is -1.39. The van der Waals surface area contributed by atoms with E-state index in [1.807, 2.05) is 68.4 Å². The van der Waals surface area contributed by atoms with Crippen LogP contribution in [0, 0.1) is 5.92 Å². The van der Waals surface area contributed by atoms with Crippen LogP contribution in [0.4, 0.5) is 0 Å². The smallest absolute Gasteiger partial charge is 0.265 e. The molecule has 0 saturated heterocycles. The average molecular weight is 497 g/mol. The number of fused-ring (bicyclic) bond motifs is 2. The van der Waals surface area contributed by atoms with Gasteiger partial charge in [-0.3, -0.25) is 14.5 Å². The summed E-state index contributed by atoms with van der Waals surface area (Å²) in [5, 5.41) is 3.97. The van der Waals surface area contributed by atoms with Gasteiger partial charge >= 0.3 is 0 Å². The number of nitrogens with zero attached hydrogens (tertiary/aromatic N) is 2. The molecule has 2 aliphatic rings. The van der Waals surface area contributed by atoms with Gasteiger partial charge < -0.3 is 13.7 Å². The number of ether oxygens (including phenoxy) is 1. The van der Waals surface area contributed by atoms with Gasteiger partial charge in [0.25, 0.3) is 5.88 Å². The summed E-state index contributed by atoms with van der Waals surface area (Å²) in [6.45, 7) is 12.6. The van der Waals surface area contributed by atoms with Crippen LogP contribution in [0.2, 0.25) is 18.1 Å². The second kappa shape index (κ2) is 8.53. The fraction of sp³-hybridized carbons (Fsp3) is 0.519. The van der Waals surface area contributed by atoms with E-state index in [0.717, 1.165) is 5.56 Å². The van der Waals surface area contributed by atoms with E-state index in [0.29, 0.717) is 5.76 Å². The zero-order valence-corrected chi connectivity index (χ0v) is 23.0. The van der Waals surface area contributed by atoms with E-state index in [-0.39, 0.29) is 35.3 Å². The lowest BCUT2D eigenvalue weighted by Crippen LogP contribution is -2.70. The van der Waals surface area contributed by atoms with Crippen molar-refractivity contribution in [2.75, 3.05) is 14.1 Å². The van der Waals surface area contributed by atoms with Crippen LogP contribution in [0.1, 0.15) is 55.8 Å². The second-order valence-corrected chi connectivity index (χ2v) is 16.2. The lowest BCUT2D eigenvalue weighted by atomic mass is 9.60. The first kappa shape index (κ1) is 25.5. The average Bonchev–Trinajstić information content (AvgIpc) is 3.21. The SMILES string of the molecule is CN(C)C1(C)c2onc(OCc3ccccc3)c2C(=O)[C@@]2(O[Si](C)(C)C(C)(C)C)C(=O)CC=C[C@@H]12. The Morgan fingerprint density at radius 3 is 2.43 bits per heavy atom. The maximum absolute atomic E-state index is 14.4. The van der Waals surface area contributed by atoms with Gasteiger partial charge in [-0.15, -0.1) is 0 Å². The number of rotatable bonds is 6. The molecule has 0 N–H and O–H groups in total. The molecule has 8 heteroatoms. The van der Waals surface area contributed by atoms with Crippen molar-refractivity contribution < 1.29 is 23.3 Å². The Kier molecular flexibility index (Phi) is 6.23. The van der Waals surface area contributed by atoms with E-state index in [1.54, 1.807) is 0 Å². The van der Waals surface area contributed by atoms with E-state index in [4.69, 9.17) is 13.7 Å². The molecule has 188 valence electrons. The number of benzene rings is 1. The van der Waals surface area contributed by atoms with Crippen molar-refractivity contribution in [2.24, 2.45) is 5.92 Å². The molecule has 2 aromatic rings. The predicted octanol–water partition coefficient (Wildman–Crippen LogP) is 5.13. The van der Waals surface area contributed by atoms with Crippen LogP contribution in [0.15, 0.2) is 47.0 Å². The molecule has 0 amide bonds. The number of allylic oxidation sites excluding steroid dienone is 1. The number of ketones is 2. The fourth-order valence-electron chi connectivity index (χ4n) is 4.80. The quantitative estimate of drug-likeness (QED) is 0.311. The lowest BCUT2D eigenvalue weighted by molar-refractivity contribution is -0.141. The first-order chi connectivity index (χ1) is 16.3. The molecule has 0 fully saturated rings. The molecule has 1 aromatic heterocycles. The molecule has 1 heterocycles. The molecule has 4 rings (SSSR count). The van der Waals surface area contributed by atoms with Gasteiger partial charge in [-0.05, 0) is 49.9 Å². The van der Waals surface area contributed by atoms with Crippen molar-refractivity contribution in [1.82, 2.24) is 10.1 Å². The Balaban J connectivity index is 1.90. The van der Waals surface area contributed by atoms with Crippen LogP contribution < -0.4 is 4.74 Å². The Hall–Kier alpha value is -2.55. The Bertz CT molecular complexity index is 1160. The lowest BCUT2D eigenvalue weighted by Gasteiger charge is -2.55. The minimum atomic E-state index is -2.57. The zero-order chi connectivity index (χ0) is 25.8. The number of hydrogen-bond acceptors (Lipinski definition) is 7. The summed E-state index contributed by atoms with van der Waals surface area (Å²) < 4.78 is 18.7. The Morgan fingerprint density at radius 2 is 1.83 bits per heavy atom. The minimum Gasteiger partial charge on any atom is -0.470 e. The monoisotopic (exact) mass is 496 g/mol. The molecule has 0 aliphatic heterocycles. The van der Waals surface area contributed by atoms with Crippen LogP contribution in [0.5, 0.6) is 5.88 Å². The summed E-state index contributed by atoms with van der Waals surface area (Å²) in [6, 6.07) is 9.64. The van der Waals surface area contributed by atoms with Crippen molar-refractivity contribution in [3.8, 4) is 5.88 Å². The van der Waals surface area contributed by atoms with Crippen molar-refractivity contribution in [3.05, 3.63) is 59.4 Å². The first-order valence-corrected chi connectivity index (χ1v) is 15.0. The molecule has 35 heavy (non-hydrogen) atoms. The first-order valence-electron chi connectivity index (χ1n) is 12.1. The molecule has 0 saturated carbocycles. The summed E-state index contributed by atoms with van der Waals surface area (Å²) >= 11 is 0. The molecule has 1 unspecified atom stereocenters. The summed E-state index contributed by atoms with van der Waals surface area (Å²) in [7, 11) is 1.26. The van der Waals surface area contributed by atoms with Gasteiger partial charge in [0.1, 0.15) is 12.2 Å². The largest absolute Gasteiger partial charge is 0.470 e. The van der Waals surface area contributed by atoms with Gasteiger partial charge in [-0.2, -0.15) is 0 Å². The van der Waals surface area contributed by atoms with Crippen LogP contribution in [0.3, 0.4) is 0 Å². The number of Topliss-reactive ketones (excluding diaryl/α,β-unsaturated/α-hetero) is 2. The van der Waals surface area contributed by atoms with Crippen molar-refractivity contribution in [2.45, 2.75) is 70.0 Å². The van der Waals surface area contributed by atoms with Gasteiger partial charge in [-0.1, -0.05) is 63.3 Å². The Labute approximate surface area is 208 Å². The number of hydrogen-bond donors (Lipinski definition) is 0. The second-order valence-electron chi connectivity index (χ2n) is 11.5. The third-order valence-electron chi connectivity index (χ3n) is 8.14. The number of aromatic nitrogens is 1. The molecule has 0 radical (unpaired) electrons. The Morgan fingerprint density at radius 1 is 1.17 bits per heavy atom. The zero-order valence-electron chi connectivity index (χ0n) is 22.0. The van der Waals surface area contributed by atoms with Gasteiger partial charge in [0.15, 0.2) is 25.5 Å². The molecule has 0 bridgehead atoms. The van der Waals surface area contributed by atoms with Crippen LogP contribution in [0.25, 0.3) is 0 Å². The maximum Gasteiger partial charge on any atom is 0.265 e. The fourth-order valence-corrected chi connectivity index (χ4v) is 6.24. The van der Waals surface area contributed by atoms with Crippen molar-refractivity contribution in [1.29, 1.82) is 0 Å². The summed E-state index contributed by atoms with van der Waals surface area (Å²) in [6.07, 6.45) is 3.92. The maximum atomic E-state index is 14.4. The molecular formula is C27H36N2O5Si. The predicted molar refractivity (Wildman–Crippen MR) is 136 cm³/mol. The third-order valence-corrected chi connectivity index (χ3v) is 12.6. The highest BCUT2D eigenvalue weighted by atomic mass is 28.4. The van der Waals surface area contributed by atoms with Gasteiger partial charge in [-0.25, -0.2) is 0 Å². The molecule has 2 aliphatic carbocycles. The molecule has 1 aromatic carbocycles. The minimum absolute atomic E-state index is 0.0981. The highest BCUT2D eigenvalue weighted by Crippen LogP contribution is 2.55. The normalized spacial score (nSPS) is 26.6. The molecular weight excluding hydrogens is 460 g/mol. The number of carbonyl (C=O) groups is 2. The van der Waals surface area contributed by atoms with E-state index in [1.165, 1.54) is 0 Å². The topological polar surface area (TPSA) is 81.9 Å². The standard InChI is InChI=1S/C27H36N2O5Si/c1-25(2,3)35(7,8)34-27-19(15-12-16-20(27)30)26(4,29(5)6)23-21(22(27)31)24(28-33-23)32-17-18-13-10-9-11-14-18/h9-15,19H,16-17H2,1-8H3/t19-,26?,27-/m0/s1. The third kappa shape index (κ3) is 3.82. The van der Waals surface area contributed by atoms with Crippen LogP contribution in [-0.2, 0) is 21.4 Å². The van der Waals surface area contributed by atoms with E-state index >= 15 is 0 Å². The molecule has 3 atom stereocenters. The van der Waals surface area contributed by atoms with Gasteiger partial charge in [0.05, 0.1) is 5.54 Å². The summed E-state index contributed by atoms with van der Waals surface area (Å²) in [4.78, 5) is 30.2. The highest BCUT2D eigenvalue weighted by molar-refractivity contribution is 6.74. The highest BCUT2D eigenvalue weighted by Gasteiger charge is 2.68. The van der Waals surface area contributed by atoms with Crippen LogP contribution in [-0.4, -0.2) is 49.6 Å². The van der Waals surface area contributed by atoms with E-state index in [9.17, 15) is 9.59 Å². The molecule has 0 spiro atoms. The van der Waals surface area contributed by atoms with Gasteiger partial charge in [0.2, 0.25) is 5.78 Å². The number of carbonyl (C=O) groups excluding carboxylic acids is 2. The summed E-state index contributed by atoms with van der Waals surface area (Å²) in [5.74, 6) is -0.723. The van der Waals surface area contributed by atoms with Gasteiger partial charge in [0, 0.05) is 12.3 Å². The van der Waals surface area contributed by atoms with E-state index in [2.05, 4.69) is 39.0 Å². The van der Waals surface area contributed by atoms with E-state index < -0.39 is 31.2 Å². The van der Waals surface area contributed by atoms with Crippen molar-refractivity contribution >= 4 is 19.9 Å². The van der Waals surface area contributed by atoms with Crippen molar-refractivity contribution in [3.63, 3.8) is 0 Å². The molecule has 7 nitrogen and oxygen atoms in total.